The monoisotopic (exact) mass is 278 g/mol. The molecule has 0 saturated carbocycles. The molecule has 0 fully saturated rings. The number of hydrogen-bond acceptors (Lipinski definition) is 3. The van der Waals surface area contributed by atoms with Crippen LogP contribution in [0.25, 0.3) is 0 Å². The summed E-state index contributed by atoms with van der Waals surface area (Å²) in [5.41, 5.74) is 2.06. The van der Waals surface area contributed by atoms with Crippen LogP contribution in [0, 0.1) is 6.92 Å². The summed E-state index contributed by atoms with van der Waals surface area (Å²) >= 11 is 0. The van der Waals surface area contributed by atoms with E-state index in [1.165, 1.54) is 4.90 Å². The fourth-order valence-electron chi connectivity index (χ4n) is 1.70. The predicted molar refractivity (Wildman–Crippen MR) is 78.7 cm³/mol. The number of carbonyl (C=O) groups excluding carboxylic acids is 2. The molecule has 1 rings (SSSR count). The van der Waals surface area contributed by atoms with Gasteiger partial charge in [0.1, 0.15) is 0 Å². The van der Waals surface area contributed by atoms with Crippen molar-refractivity contribution in [2.75, 3.05) is 19.4 Å². The Bertz CT molecular complexity index is 496. The van der Waals surface area contributed by atoms with Crippen molar-refractivity contribution in [2.24, 2.45) is 0 Å². The predicted octanol–water partition coefficient (Wildman–Crippen LogP) is 1.80. The number of aliphatic hydroxyl groups is 1. The maximum atomic E-state index is 11.9. The van der Waals surface area contributed by atoms with Crippen molar-refractivity contribution >= 4 is 17.5 Å². The summed E-state index contributed by atoms with van der Waals surface area (Å²) < 4.78 is 0. The van der Waals surface area contributed by atoms with Gasteiger partial charge in [-0.25, -0.2) is 0 Å². The van der Waals surface area contributed by atoms with Crippen molar-refractivity contribution in [2.45, 2.75) is 32.8 Å². The van der Waals surface area contributed by atoms with E-state index in [0.29, 0.717) is 17.7 Å². The highest BCUT2D eigenvalue weighted by Gasteiger charge is 2.12. The van der Waals surface area contributed by atoms with E-state index >= 15 is 0 Å². The van der Waals surface area contributed by atoms with Crippen molar-refractivity contribution in [3.05, 3.63) is 29.3 Å². The van der Waals surface area contributed by atoms with Crippen LogP contribution < -0.4 is 5.32 Å². The molecule has 0 aliphatic rings. The highest BCUT2D eigenvalue weighted by Crippen LogP contribution is 2.18. The first-order valence-corrected chi connectivity index (χ1v) is 6.61. The smallest absolute Gasteiger partial charge is 0.253 e. The quantitative estimate of drug-likeness (QED) is 0.863. The minimum absolute atomic E-state index is 0.107. The molecule has 0 aromatic heterocycles. The maximum absolute atomic E-state index is 11.9. The Kier molecular flexibility index (Phi) is 5.70. The SMILES string of the molecule is Cc1ccc(C(=O)N(C)C)cc1NC(=O)CCC(C)O. The van der Waals surface area contributed by atoms with E-state index in [9.17, 15) is 9.59 Å². The van der Waals surface area contributed by atoms with Gasteiger partial charge in [0.25, 0.3) is 5.91 Å². The molecule has 20 heavy (non-hydrogen) atoms. The minimum Gasteiger partial charge on any atom is -0.393 e. The summed E-state index contributed by atoms with van der Waals surface area (Å²) in [6.07, 6.45) is 0.174. The Morgan fingerprint density at radius 3 is 2.55 bits per heavy atom. The van der Waals surface area contributed by atoms with Gasteiger partial charge in [0.2, 0.25) is 5.91 Å². The summed E-state index contributed by atoms with van der Waals surface area (Å²) in [4.78, 5) is 25.1. The van der Waals surface area contributed by atoms with Crippen LogP contribution in [0.3, 0.4) is 0 Å². The molecule has 1 unspecified atom stereocenters. The molecular weight excluding hydrogens is 256 g/mol. The van der Waals surface area contributed by atoms with E-state index in [1.54, 1.807) is 39.2 Å². The Morgan fingerprint density at radius 2 is 2.00 bits per heavy atom. The van der Waals surface area contributed by atoms with Crippen LogP contribution in [0.15, 0.2) is 18.2 Å². The summed E-state index contributed by atoms with van der Waals surface area (Å²) in [7, 11) is 3.37. The summed E-state index contributed by atoms with van der Waals surface area (Å²) in [5, 5.41) is 11.9. The third-order valence-corrected chi connectivity index (χ3v) is 2.95. The van der Waals surface area contributed by atoms with Gasteiger partial charge >= 0.3 is 0 Å². The minimum atomic E-state index is -0.497. The molecule has 2 N–H and O–H groups in total. The number of hydrogen-bond donors (Lipinski definition) is 2. The van der Waals surface area contributed by atoms with Crippen LogP contribution in [-0.2, 0) is 4.79 Å². The third kappa shape index (κ3) is 4.66. The van der Waals surface area contributed by atoms with Crippen molar-refractivity contribution in [3.8, 4) is 0 Å². The molecule has 0 heterocycles. The normalized spacial score (nSPS) is 11.8. The lowest BCUT2D eigenvalue weighted by atomic mass is 10.1. The number of benzene rings is 1. The van der Waals surface area contributed by atoms with Gasteiger partial charge in [-0.2, -0.15) is 0 Å². The van der Waals surface area contributed by atoms with Gasteiger partial charge in [0.05, 0.1) is 6.10 Å². The number of rotatable bonds is 5. The number of anilines is 1. The maximum Gasteiger partial charge on any atom is 0.253 e. The number of aliphatic hydroxyl groups excluding tert-OH is 1. The van der Waals surface area contributed by atoms with Crippen LogP contribution in [0.5, 0.6) is 0 Å². The average molecular weight is 278 g/mol. The second-order valence-corrected chi connectivity index (χ2v) is 5.17. The molecule has 1 atom stereocenters. The van der Waals surface area contributed by atoms with Crippen LogP contribution in [0.4, 0.5) is 5.69 Å². The number of nitrogens with one attached hydrogen (secondary N) is 1. The number of carbonyl (C=O) groups is 2. The zero-order chi connectivity index (χ0) is 15.3. The van der Waals surface area contributed by atoms with Crippen LogP contribution in [-0.4, -0.2) is 42.0 Å². The van der Waals surface area contributed by atoms with Crippen LogP contribution in [0.1, 0.15) is 35.7 Å². The van der Waals surface area contributed by atoms with E-state index in [0.717, 1.165) is 5.56 Å². The van der Waals surface area contributed by atoms with Crippen molar-refractivity contribution < 1.29 is 14.7 Å². The summed E-state index contributed by atoms with van der Waals surface area (Å²) in [6.45, 7) is 3.52. The summed E-state index contributed by atoms with van der Waals surface area (Å²) in [5.74, 6) is -0.270. The van der Waals surface area contributed by atoms with Crippen molar-refractivity contribution in [3.63, 3.8) is 0 Å². The van der Waals surface area contributed by atoms with E-state index in [1.807, 2.05) is 6.92 Å². The second kappa shape index (κ2) is 7.05. The molecule has 0 saturated heterocycles. The molecule has 0 aliphatic carbocycles. The number of aryl methyl sites for hydroxylation is 1. The Labute approximate surface area is 119 Å². The van der Waals surface area contributed by atoms with Gasteiger partial charge < -0.3 is 15.3 Å². The Balaban J connectivity index is 2.81. The van der Waals surface area contributed by atoms with Crippen LogP contribution >= 0.6 is 0 Å². The average Bonchev–Trinajstić information content (AvgIpc) is 2.38. The molecule has 0 bridgehead atoms. The van der Waals surface area contributed by atoms with E-state index in [4.69, 9.17) is 5.11 Å². The number of nitrogens with zero attached hydrogens (tertiary/aromatic N) is 1. The summed E-state index contributed by atoms with van der Waals surface area (Å²) in [6, 6.07) is 5.22. The van der Waals surface area contributed by atoms with Crippen molar-refractivity contribution in [1.29, 1.82) is 0 Å². The highest BCUT2D eigenvalue weighted by molar-refractivity contribution is 5.97. The first-order valence-electron chi connectivity index (χ1n) is 6.61. The second-order valence-electron chi connectivity index (χ2n) is 5.17. The number of amides is 2. The molecule has 1 aromatic carbocycles. The molecule has 5 heteroatoms. The fraction of sp³-hybridized carbons (Fsp3) is 0.467. The molecule has 0 radical (unpaired) electrons. The first kappa shape index (κ1) is 16.2. The lowest BCUT2D eigenvalue weighted by molar-refractivity contribution is -0.116. The molecule has 1 aromatic rings. The Hall–Kier alpha value is -1.88. The van der Waals surface area contributed by atoms with Crippen molar-refractivity contribution in [1.82, 2.24) is 4.90 Å². The molecule has 5 nitrogen and oxygen atoms in total. The third-order valence-electron chi connectivity index (χ3n) is 2.95. The van der Waals surface area contributed by atoms with Gasteiger partial charge in [-0.1, -0.05) is 6.07 Å². The molecular formula is C15H22N2O3. The highest BCUT2D eigenvalue weighted by atomic mass is 16.3. The van der Waals surface area contributed by atoms with Gasteiger partial charge in [-0.05, 0) is 38.0 Å². The van der Waals surface area contributed by atoms with E-state index in [2.05, 4.69) is 5.32 Å². The topological polar surface area (TPSA) is 69.6 Å². The molecule has 0 aliphatic heterocycles. The lowest BCUT2D eigenvalue weighted by Gasteiger charge is -2.14. The van der Waals surface area contributed by atoms with Gasteiger partial charge in [-0.15, -0.1) is 0 Å². The van der Waals surface area contributed by atoms with Gasteiger partial charge in [-0.3, -0.25) is 9.59 Å². The van der Waals surface area contributed by atoms with Crippen LogP contribution in [0.2, 0.25) is 0 Å². The lowest BCUT2D eigenvalue weighted by Crippen LogP contribution is -2.22. The molecule has 2 amide bonds. The van der Waals surface area contributed by atoms with E-state index in [-0.39, 0.29) is 18.2 Å². The molecule has 0 spiro atoms. The zero-order valence-electron chi connectivity index (χ0n) is 12.4. The molecule has 110 valence electrons. The zero-order valence-corrected chi connectivity index (χ0v) is 12.4. The standard InChI is InChI=1S/C15H22N2O3/c1-10-5-7-12(15(20)17(3)4)9-13(10)16-14(19)8-6-11(2)18/h5,7,9,11,18H,6,8H2,1-4H3,(H,16,19). The van der Waals surface area contributed by atoms with Gasteiger partial charge in [0, 0.05) is 31.8 Å². The largest absolute Gasteiger partial charge is 0.393 e. The van der Waals surface area contributed by atoms with Gasteiger partial charge in [0.15, 0.2) is 0 Å². The Morgan fingerprint density at radius 1 is 1.35 bits per heavy atom. The first-order chi connectivity index (χ1) is 9.31. The fourth-order valence-corrected chi connectivity index (χ4v) is 1.70. The van der Waals surface area contributed by atoms with E-state index < -0.39 is 6.10 Å².